The lowest BCUT2D eigenvalue weighted by molar-refractivity contribution is -0.126. The highest BCUT2D eigenvalue weighted by molar-refractivity contribution is 7.89. The fourth-order valence-electron chi connectivity index (χ4n) is 3.31. The monoisotopic (exact) mass is 402 g/mol. The molecule has 150 valence electrons. The quantitative estimate of drug-likeness (QED) is 0.806. The molecule has 1 fully saturated rings. The molecule has 1 atom stereocenters. The second kappa shape index (κ2) is 8.75. The van der Waals surface area contributed by atoms with E-state index in [0.717, 1.165) is 5.56 Å². The molecule has 2 aromatic rings. The standard InChI is InChI=1S/C21H26N2O4S/c1-16-5-7-17(8-6-16)14-22-21(24)18-4-3-13-23(15-18)28(25,26)20-11-9-19(27-2)10-12-20/h5-12,18H,3-4,13-15H2,1-2H3,(H,22,24)/t18-/m1/s1. The van der Waals surface area contributed by atoms with E-state index in [1.165, 1.54) is 29.1 Å². The zero-order valence-electron chi connectivity index (χ0n) is 16.2. The van der Waals surface area contributed by atoms with Gasteiger partial charge in [0.15, 0.2) is 0 Å². The molecule has 1 amide bonds. The Bertz CT molecular complexity index is 908. The first-order valence-corrected chi connectivity index (χ1v) is 10.8. The molecule has 28 heavy (non-hydrogen) atoms. The van der Waals surface area contributed by atoms with Crippen LogP contribution >= 0.6 is 0 Å². The van der Waals surface area contributed by atoms with Gasteiger partial charge in [-0.1, -0.05) is 29.8 Å². The van der Waals surface area contributed by atoms with Crippen LogP contribution in [-0.2, 0) is 21.4 Å². The van der Waals surface area contributed by atoms with E-state index in [1.54, 1.807) is 12.1 Å². The normalized spacial score (nSPS) is 17.9. The van der Waals surface area contributed by atoms with E-state index in [-0.39, 0.29) is 23.3 Å². The Balaban J connectivity index is 1.63. The third-order valence-corrected chi connectivity index (χ3v) is 6.92. The van der Waals surface area contributed by atoms with Crippen molar-refractivity contribution in [2.75, 3.05) is 20.2 Å². The highest BCUT2D eigenvalue weighted by atomic mass is 32.2. The maximum Gasteiger partial charge on any atom is 0.243 e. The molecule has 7 heteroatoms. The predicted octanol–water partition coefficient (Wildman–Crippen LogP) is 2.72. The summed E-state index contributed by atoms with van der Waals surface area (Å²) >= 11 is 0. The zero-order valence-corrected chi connectivity index (χ0v) is 17.0. The van der Waals surface area contributed by atoms with Crippen LogP contribution in [0, 0.1) is 12.8 Å². The molecule has 0 radical (unpaired) electrons. The molecule has 0 saturated carbocycles. The van der Waals surface area contributed by atoms with Crippen molar-refractivity contribution in [2.24, 2.45) is 5.92 Å². The summed E-state index contributed by atoms with van der Waals surface area (Å²) in [7, 11) is -2.09. The average Bonchev–Trinajstić information content (AvgIpc) is 2.73. The van der Waals surface area contributed by atoms with Gasteiger partial charge in [0.2, 0.25) is 15.9 Å². The number of rotatable bonds is 6. The molecule has 0 unspecified atom stereocenters. The maximum atomic E-state index is 12.9. The number of piperidine rings is 1. The van der Waals surface area contributed by atoms with E-state index in [1.807, 2.05) is 31.2 Å². The van der Waals surface area contributed by atoms with Gasteiger partial charge in [-0.15, -0.1) is 0 Å². The van der Waals surface area contributed by atoms with Crippen molar-refractivity contribution in [3.8, 4) is 5.75 Å². The molecule has 1 N–H and O–H groups in total. The SMILES string of the molecule is COc1ccc(S(=O)(=O)N2CCC[C@@H](C(=O)NCc3ccc(C)cc3)C2)cc1. The summed E-state index contributed by atoms with van der Waals surface area (Å²) in [5, 5.41) is 2.94. The van der Waals surface area contributed by atoms with E-state index >= 15 is 0 Å². The smallest absolute Gasteiger partial charge is 0.243 e. The first kappa shape index (κ1) is 20.4. The molecule has 1 aliphatic heterocycles. The van der Waals surface area contributed by atoms with E-state index in [0.29, 0.717) is 31.7 Å². The number of ether oxygens (including phenoxy) is 1. The Morgan fingerprint density at radius 2 is 1.82 bits per heavy atom. The largest absolute Gasteiger partial charge is 0.497 e. The molecule has 0 aliphatic carbocycles. The third-order valence-electron chi connectivity index (χ3n) is 5.04. The average molecular weight is 403 g/mol. The lowest BCUT2D eigenvalue weighted by Gasteiger charge is -2.31. The zero-order chi connectivity index (χ0) is 20.1. The number of hydrogen-bond donors (Lipinski definition) is 1. The van der Waals surface area contributed by atoms with Crippen LogP contribution in [0.15, 0.2) is 53.4 Å². The molecule has 3 rings (SSSR count). The molecular weight excluding hydrogens is 376 g/mol. The lowest BCUT2D eigenvalue weighted by Crippen LogP contribution is -2.45. The van der Waals surface area contributed by atoms with Crippen LogP contribution in [0.1, 0.15) is 24.0 Å². The first-order chi connectivity index (χ1) is 13.4. The topological polar surface area (TPSA) is 75.7 Å². The van der Waals surface area contributed by atoms with E-state index in [9.17, 15) is 13.2 Å². The third kappa shape index (κ3) is 4.72. The van der Waals surface area contributed by atoms with Crippen LogP contribution in [0.4, 0.5) is 0 Å². The summed E-state index contributed by atoms with van der Waals surface area (Å²) in [6.45, 7) is 3.09. The number of methoxy groups -OCH3 is 1. The van der Waals surface area contributed by atoms with Crippen molar-refractivity contribution >= 4 is 15.9 Å². The molecule has 2 aromatic carbocycles. The number of hydrogen-bond acceptors (Lipinski definition) is 4. The lowest BCUT2D eigenvalue weighted by atomic mass is 9.98. The van der Waals surface area contributed by atoms with Crippen molar-refractivity contribution in [3.63, 3.8) is 0 Å². The number of carbonyl (C=O) groups is 1. The minimum absolute atomic E-state index is 0.102. The molecule has 1 aliphatic rings. The summed E-state index contributed by atoms with van der Waals surface area (Å²) in [6, 6.07) is 14.3. The minimum atomic E-state index is -3.63. The molecule has 1 heterocycles. The van der Waals surface area contributed by atoms with Gasteiger partial charge in [0.05, 0.1) is 17.9 Å². The Morgan fingerprint density at radius 1 is 1.14 bits per heavy atom. The number of carbonyl (C=O) groups excluding carboxylic acids is 1. The number of sulfonamides is 1. The van der Waals surface area contributed by atoms with Crippen molar-refractivity contribution < 1.29 is 17.9 Å². The van der Waals surface area contributed by atoms with Crippen LogP contribution in [0.3, 0.4) is 0 Å². The molecule has 0 bridgehead atoms. The number of aryl methyl sites for hydroxylation is 1. The minimum Gasteiger partial charge on any atom is -0.497 e. The summed E-state index contributed by atoms with van der Waals surface area (Å²) in [6.07, 6.45) is 1.35. The van der Waals surface area contributed by atoms with Crippen molar-refractivity contribution in [1.82, 2.24) is 9.62 Å². The van der Waals surface area contributed by atoms with Crippen molar-refractivity contribution in [1.29, 1.82) is 0 Å². The van der Waals surface area contributed by atoms with Crippen LogP contribution < -0.4 is 10.1 Å². The van der Waals surface area contributed by atoms with Crippen molar-refractivity contribution in [2.45, 2.75) is 31.2 Å². The van der Waals surface area contributed by atoms with Crippen molar-refractivity contribution in [3.05, 3.63) is 59.7 Å². The fourth-order valence-corrected chi connectivity index (χ4v) is 4.83. The van der Waals surface area contributed by atoms with Crippen LogP contribution in [0.25, 0.3) is 0 Å². The first-order valence-electron chi connectivity index (χ1n) is 9.37. The summed E-state index contributed by atoms with van der Waals surface area (Å²) in [4.78, 5) is 12.8. The molecule has 0 aromatic heterocycles. The number of amides is 1. The van der Waals surface area contributed by atoms with Gasteiger partial charge in [-0.3, -0.25) is 4.79 Å². The molecule has 6 nitrogen and oxygen atoms in total. The van der Waals surface area contributed by atoms with Gasteiger partial charge in [0.1, 0.15) is 5.75 Å². The van der Waals surface area contributed by atoms with Gasteiger partial charge in [-0.05, 0) is 49.6 Å². The van der Waals surface area contributed by atoms with Gasteiger partial charge >= 0.3 is 0 Å². The summed E-state index contributed by atoms with van der Waals surface area (Å²) < 4.78 is 32.3. The van der Waals surface area contributed by atoms with E-state index in [4.69, 9.17) is 4.74 Å². The predicted molar refractivity (Wildman–Crippen MR) is 108 cm³/mol. The second-order valence-corrected chi connectivity index (χ2v) is 9.02. The summed E-state index contributed by atoms with van der Waals surface area (Å²) in [5.74, 6) is 0.161. The molecule has 1 saturated heterocycles. The Hall–Kier alpha value is -2.38. The Labute approximate surface area is 166 Å². The van der Waals surface area contributed by atoms with Gasteiger partial charge in [0.25, 0.3) is 0 Å². The molecular formula is C21H26N2O4S. The number of nitrogens with one attached hydrogen (secondary N) is 1. The van der Waals surface area contributed by atoms with Gasteiger partial charge in [-0.2, -0.15) is 4.31 Å². The number of nitrogens with zero attached hydrogens (tertiary/aromatic N) is 1. The van der Waals surface area contributed by atoms with Crippen LogP contribution in [0.2, 0.25) is 0 Å². The van der Waals surface area contributed by atoms with E-state index < -0.39 is 10.0 Å². The highest BCUT2D eigenvalue weighted by Gasteiger charge is 2.33. The fraction of sp³-hybridized carbons (Fsp3) is 0.381. The number of benzene rings is 2. The second-order valence-electron chi connectivity index (χ2n) is 7.08. The van der Waals surface area contributed by atoms with E-state index in [2.05, 4.69) is 5.32 Å². The van der Waals surface area contributed by atoms with Crippen LogP contribution in [0.5, 0.6) is 5.75 Å². The van der Waals surface area contributed by atoms with Gasteiger partial charge < -0.3 is 10.1 Å². The Morgan fingerprint density at radius 3 is 2.46 bits per heavy atom. The van der Waals surface area contributed by atoms with Gasteiger partial charge in [-0.25, -0.2) is 8.42 Å². The van der Waals surface area contributed by atoms with Gasteiger partial charge in [0, 0.05) is 19.6 Å². The van der Waals surface area contributed by atoms with Crippen LogP contribution in [-0.4, -0.2) is 38.8 Å². The Kier molecular flexibility index (Phi) is 6.36. The molecule has 0 spiro atoms. The highest BCUT2D eigenvalue weighted by Crippen LogP contribution is 2.25. The maximum absolute atomic E-state index is 12.9. The summed E-state index contributed by atoms with van der Waals surface area (Å²) in [5.41, 5.74) is 2.19.